The lowest BCUT2D eigenvalue weighted by Gasteiger charge is -2.17. The minimum Gasteiger partial charge on any atom is -0.377 e. The third-order valence-electron chi connectivity index (χ3n) is 3.16. The Morgan fingerprint density at radius 2 is 1.33 bits per heavy atom. The first-order chi connectivity index (χ1) is 14.4. The second-order valence-corrected chi connectivity index (χ2v) is 7.79. The van der Waals surface area contributed by atoms with Crippen LogP contribution in [0.1, 0.15) is 41.5 Å². The highest BCUT2D eigenvalue weighted by molar-refractivity contribution is 7.89. The average Bonchev–Trinajstić information content (AvgIpc) is 2.81. The van der Waals surface area contributed by atoms with Gasteiger partial charge < -0.3 is 10.6 Å². The molecule has 0 atom stereocenters. The van der Waals surface area contributed by atoms with Gasteiger partial charge in [-0.2, -0.15) is 25.3 Å². The van der Waals surface area contributed by atoms with E-state index < -0.39 is 10.0 Å². The summed E-state index contributed by atoms with van der Waals surface area (Å²) in [5.74, 6) is 1.26. The Kier molecular flexibility index (Phi) is 23.9. The maximum Gasteiger partial charge on any atom is 0.241 e. The molecule has 0 aromatic heterocycles. The highest BCUT2D eigenvalue weighted by Gasteiger charge is 2.17. The van der Waals surface area contributed by atoms with Crippen molar-refractivity contribution in [2.24, 2.45) is 5.73 Å². The number of benzene rings is 2. The number of hydrogen-bond acceptors (Lipinski definition) is 6. The van der Waals surface area contributed by atoms with Crippen LogP contribution in [-0.2, 0) is 10.0 Å². The smallest absolute Gasteiger partial charge is 0.241 e. The Morgan fingerprint density at radius 1 is 0.867 bits per heavy atom. The summed E-state index contributed by atoms with van der Waals surface area (Å²) in [5, 5.41) is 1.65. The quantitative estimate of drug-likeness (QED) is 0.438. The van der Waals surface area contributed by atoms with Gasteiger partial charge in [-0.05, 0) is 12.1 Å². The summed E-state index contributed by atoms with van der Waals surface area (Å²) in [6, 6.07) is 11.0. The van der Waals surface area contributed by atoms with Crippen LogP contribution in [0.2, 0.25) is 0 Å². The van der Waals surface area contributed by atoms with Crippen molar-refractivity contribution in [3.05, 3.63) is 36.4 Å². The molecule has 0 unspecified atom stereocenters. The highest BCUT2D eigenvalue weighted by atomic mass is 32.2. The molecule has 176 valence electrons. The second kappa shape index (κ2) is 21.3. The SMILES string of the molecule is CC.CC.CC.CN(C)c1cccc2c(S(=O)(=O)NCCS)cccc12.NCCS. The van der Waals surface area contributed by atoms with E-state index in [4.69, 9.17) is 5.73 Å². The fraction of sp³-hybridized carbons (Fsp3) is 0.545. The molecule has 5 nitrogen and oxygen atoms in total. The molecule has 2 aromatic rings. The van der Waals surface area contributed by atoms with Crippen molar-refractivity contribution >= 4 is 51.7 Å². The fourth-order valence-electron chi connectivity index (χ4n) is 2.15. The van der Waals surface area contributed by atoms with Crippen LogP contribution < -0.4 is 15.4 Å². The first kappa shape index (κ1) is 33.7. The largest absolute Gasteiger partial charge is 0.377 e. The summed E-state index contributed by atoms with van der Waals surface area (Å²) in [7, 11) is 0.370. The summed E-state index contributed by atoms with van der Waals surface area (Å²) in [5.41, 5.74) is 5.95. The number of rotatable bonds is 6. The van der Waals surface area contributed by atoms with E-state index >= 15 is 0 Å². The number of nitrogens with zero attached hydrogens (tertiary/aromatic N) is 1. The van der Waals surface area contributed by atoms with Crippen molar-refractivity contribution in [2.75, 3.05) is 43.6 Å². The minimum atomic E-state index is -3.51. The molecule has 8 heteroatoms. The highest BCUT2D eigenvalue weighted by Crippen LogP contribution is 2.29. The van der Waals surface area contributed by atoms with Crippen LogP contribution in [0.3, 0.4) is 0 Å². The molecule has 0 fully saturated rings. The summed E-state index contributed by atoms with van der Waals surface area (Å²) in [6.07, 6.45) is 0. The zero-order chi connectivity index (χ0) is 24.2. The van der Waals surface area contributed by atoms with E-state index in [9.17, 15) is 8.42 Å². The Bertz CT molecular complexity index is 750. The van der Waals surface area contributed by atoms with Crippen LogP contribution in [0.25, 0.3) is 10.8 Å². The van der Waals surface area contributed by atoms with Gasteiger partial charge >= 0.3 is 0 Å². The lowest BCUT2D eigenvalue weighted by Crippen LogP contribution is -2.25. The summed E-state index contributed by atoms with van der Waals surface area (Å²) in [4.78, 5) is 2.28. The third-order valence-corrected chi connectivity index (χ3v) is 5.16. The molecule has 0 amide bonds. The van der Waals surface area contributed by atoms with Crippen molar-refractivity contribution < 1.29 is 8.42 Å². The predicted octanol–water partition coefficient (Wildman–Crippen LogP) is 5.07. The first-order valence-electron chi connectivity index (χ1n) is 10.5. The average molecular weight is 478 g/mol. The maximum absolute atomic E-state index is 12.3. The summed E-state index contributed by atoms with van der Waals surface area (Å²) < 4.78 is 27.2. The lowest BCUT2D eigenvalue weighted by atomic mass is 10.1. The molecule has 0 aliphatic heterocycles. The Balaban J connectivity index is -0.000000627. The van der Waals surface area contributed by atoms with Crippen LogP contribution in [-0.4, -0.2) is 47.1 Å². The van der Waals surface area contributed by atoms with E-state index in [1.807, 2.05) is 84.8 Å². The van der Waals surface area contributed by atoms with Crippen LogP contribution >= 0.6 is 25.3 Å². The zero-order valence-corrected chi connectivity index (χ0v) is 22.5. The van der Waals surface area contributed by atoms with Gasteiger partial charge in [0, 0.05) is 55.2 Å². The van der Waals surface area contributed by atoms with Crippen molar-refractivity contribution in [3.63, 3.8) is 0 Å². The molecule has 0 bridgehead atoms. The Morgan fingerprint density at radius 3 is 1.77 bits per heavy atom. The third kappa shape index (κ3) is 12.1. The molecule has 0 aliphatic rings. The number of nitrogens with one attached hydrogen (secondary N) is 1. The standard InChI is InChI=1S/C14H18N2O2S2.C2H7NS.3C2H6/c1-16(2)13-7-3-6-12-11(13)5-4-8-14(12)20(17,18)15-9-10-19;3-1-2-4;3*1-2/h3-8,15,19H,9-10H2,1-2H3;4H,1-3H2;3*1-2H3. The molecule has 3 N–H and O–H groups in total. The molecule has 0 radical (unpaired) electrons. The van der Waals surface area contributed by atoms with Gasteiger partial charge in [0.05, 0.1) is 4.90 Å². The molecule has 0 spiro atoms. The van der Waals surface area contributed by atoms with Gasteiger partial charge in [-0.1, -0.05) is 65.8 Å². The van der Waals surface area contributed by atoms with E-state index in [0.717, 1.165) is 22.2 Å². The summed E-state index contributed by atoms with van der Waals surface area (Å²) >= 11 is 7.82. The van der Waals surface area contributed by atoms with E-state index in [1.54, 1.807) is 12.1 Å². The van der Waals surface area contributed by atoms with E-state index in [0.29, 0.717) is 23.7 Å². The van der Waals surface area contributed by atoms with Crippen molar-refractivity contribution in [3.8, 4) is 0 Å². The van der Waals surface area contributed by atoms with Crippen LogP contribution in [0.4, 0.5) is 5.69 Å². The zero-order valence-electron chi connectivity index (χ0n) is 19.9. The number of anilines is 1. The normalized spacial score (nSPS) is 9.43. The van der Waals surface area contributed by atoms with Gasteiger partial charge in [-0.25, -0.2) is 13.1 Å². The van der Waals surface area contributed by atoms with Crippen molar-refractivity contribution in [2.45, 2.75) is 46.4 Å². The lowest BCUT2D eigenvalue weighted by molar-refractivity contribution is 0.585. The van der Waals surface area contributed by atoms with Crippen LogP contribution in [0.15, 0.2) is 41.3 Å². The molecule has 0 saturated carbocycles. The Labute approximate surface area is 196 Å². The van der Waals surface area contributed by atoms with E-state index in [2.05, 4.69) is 30.0 Å². The predicted molar refractivity (Wildman–Crippen MR) is 144 cm³/mol. The second-order valence-electron chi connectivity index (χ2n) is 5.16. The monoisotopic (exact) mass is 477 g/mol. The van der Waals surface area contributed by atoms with Gasteiger partial charge in [-0.3, -0.25) is 0 Å². The van der Waals surface area contributed by atoms with Crippen molar-refractivity contribution in [1.82, 2.24) is 4.72 Å². The minimum absolute atomic E-state index is 0.306. The van der Waals surface area contributed by atoms with Gasteiger partial charge in [0.1, 0.15) is 0 Å². The number of nitrogens with two attached hydrogens (primary N) is 1. The number of sulfonamides is 1. The molecule has 0 heterocycles. The molecule has 2 rings (SSSR count). The van der Waals surface area contributed by atoms with E-state index in [-0.39, 0.29) is 0 Å². The van der Waals surface area contributed by atoms with Crippen molar-refractivity contribution in [1.29, 1.82) is 0 Å². The van der Waals surface area contributed by atoms with Gasteiger partial charge in [-0.15, -0.1) is 0 Å². The fourth-order valence-corrected chi connectivity index (χ4v) is 3.66. The van der Waals surface area contributed by atoms with E-state index in [1.165, 1.54) is 0 Å². The molecule has 0 saturated heterocycles. The first-order valence-corrected chi connectivity index (χ1v) is 13.2. The topological polar surface area (TPSA) is 75.4 Å². The van der Waals surface area contributed by atoms with Gasteiger partial charge in [0.2, 0.25) is 10.0 Å². The van der Waals surface area contributed by atoms with Crippen LogP contribution in [0.5, 0.6) is 0 Å². The molecular formula is C22H43N3O2S3. The molecule has 30 heavy (non-hydrogen) atoms. The molecule has 0 aliphatic carbocycles. The van der Waals surface area contributed by atoms with Crippen LogP contribution in [0, 0.1) is 0 Å². The Hall–Kier alpha value is -0.930. The number of thiol groups is 2. The summed E-state index contributed by atoms with van der Waals surface area (Å²) in [6.45, 7) is 13.0. The molecular weight excluding hydrogens is 434 g/mol. The number of hydrogen-bond donors (Lipinski definition) is 4. The van der Waals surface area contributed by atoms with Gasteiger partial charge in [0.25, 0.3) is 0 Å². The maximum atomic E-state index is 12.3. The van der Waals surface area contributed by atoms with Gasteiger partial charge in [0.15, 0.2) is 0 Å². The number of fused-ring (bicyclic) bond motifs is 1. The molecule has 2 aromatic carbocycles.